The summed E-state index contributed by atoms with van der Waals surface area (Å²) in [6.07, 6.45) is 0.877. The predicted octanol–water partition coefficient (Wildman–Crippen LogP) is 2.93. The molecule has 138 valence electrons. The van der Waals surface area contributed by atoms with E-state index in [0.717, 1.165) is 37.6 Å². The van der Waals surface area contributed by atoms with Gasteiger partial charge in [0.2, 0.25) is 5.88 Å². The smallest absolute Gasteiger partial charge is 0.276 e. The number of nitrogens with zero attached hydrogens (tertiary/aromatic N) is 4. The number of hydrogen-bond acceptors (Lipinski definition) is 4. The fourth-order valence-corrected chi connectivity index (χ4v) is 3.74. The number of amides is 1. The number of carbonyl (C=O) groups is 1. The van der Waals surface area contributed by atoms with E-state index in [0.29, 0.717) is 36.3 Å². The molecule has 0 aliphatic carbocycles. The van der Waals surface area contributed by atoms with Crippen molar-refractivity contribution in [3.63, 3.8) is 0 Å². The first-order chi connectivity index (χ1) is 12.6. The number of fused-ring (bicyclic) bond motifs is 1. The van der Waals surface area contributed by atoms with Crippen molar-refractivity contribution in [2.75, 3.05) is 32.8 Å². The van der Waals surface area contributed by atoms with E-state index in [1.165, 1.54) is 5.56 Å². The number of aryl methyl sites for hydroxylation is 1. The Hall–Kier alpha value is -1.76. The summed E-state index contributed by atoms with van der Waals surface area (Å²) >= 11 is 12.3. The molecule has 4 rings (SSSR count). The zero-order valence-electron chi connectivity index (χ0n) is 14.3. The largest absolute Gasteiger partial charge is 0.477 e. The van der Waals surface area contributed by atoms with E-state index in [1.807, 2.05) is 29.2 Å². The quantitative estimate of drug-likeness (QED) is 0.802. The van der Waals surface area contributed by atoms with Crippen LogP contribution in [0.1, 0.15) is 22.5 Å². The van der Waals surface area contributed by atoms with Crippen LogP contribution in [0, 0.1) is 0 Å². The monoisotopic (exact) mass is 394 g/mol. The van der Waals surface area contributed by atoms with E-state index in [2.05, 4.69) is 10.00 Å². The van der Waals surface area contributed by atoms with Crippen molar-refractivity contribution in [1.29, 1.82) is 0 Å². The van der Waals surface area contributed by atoms with Crippen LogP contribution in [-0.2, 0) is 13.1 Å². The Morgan fingerprint density at radius 1 is 1.08 bits per heavy atom. The van der Waals surface area contributed by atoms with Gasteiger partial charge in [-0.05, 0) is 17.7 Å². The lowest BCUT2D eigenvalue weighted by atomic mass is 10.2. The van der Waals surface area contributed by atoms with Gasteiger partial charge in [0, 0.05) is 50.7 Å². The van der Waals surface area contributed by atoms with Gasteiger partial charge in [-0.25, -0.2) is 4.68 Å². The van der Waals surface area contributed by atoms with Gasteiger partial charge in [-0.15, -0.1) is 0 Å². The van der Waals surface area contributed by atoms with Gasteiger partial charge < -0.3 is 9.64 Å². The predicted molar refractivity (Wildman–Crippen MR) is 100.0 cm³/mol. The number of aromatic nitrogens is 2. The lowest BCUT2D eigenvalue weighted by Gasteiger charge is -2.34. The molecular weight excluding hydrogens is 375 g/mol. The van der Waals surface area contributed by atoms with Gasteiger partial charge in [0.15, 0.2) is 5.69 Å². The van der Waals surface area contributed by atoms with Crippen LogP contribution >= 0.6 is 23.2 Å². The molecule has 2 aromatic rings. The average molecular weight is 395 g/mol. The van der Waals surface area contributed by atoms with Crippen LogP contribution in [0.2, 0.25) is 10.0 Å². The maximum atomic E-state index is 12.8. The first-order valence-electron chi connectivity index (χ1n) is 8.77. The van der Waals surface area contributed by atoms with Gasteiger partial charge in [-0.3, -0.25) is 9.69 Å². The molecule has 1 aromatic heterocycles. The van der Waals surface area contributed by atoms with E-state index in [1.54, 1.807) is 4.68 Å². The second kappa shape index (κ2) is 7.47. The molecule has 1 saturated heterocycles. The molecule has 0 radical (unpaired) electrons. The highest BCUT2D eigenvalue weighted by molar-refractivity contribution is 6.34. The number of carbonyl (C=O) groups excluding carboxylic acids is 1. The molecule has 0 unspecified atom stereocenters. The fraction of sp³-hybridized carbons (Fsp3) is 0.444. The molecule has 6 nitrogen and oxygen atoms in total. The zero-order valence-corrected chi connectivity index (χ0v) is 15.8. The summed E-state index contributed by atoms with van der Waals surface area (Å²) < 4.78 is 7.23. The highest BCUT2D eigenvalue weighted by Crippen LogP contribution is 2.31. The first-order valence-corrected chi connectivity index (χ1v) is 9.52. The third kappa shape index (κ3) is 3.54. The third-order valence-electron chi connectivity index (χ3n) is 4.79. The summed E-state index contributed by atoms with van der Waals surface area (Å²) in [5, 5.41) is 5.44. The lowest BCUT2D eigenvalue weighted by molar-refractivity contribution is 0.0622. The topological polar surface area (TPSA) is 50.6 Å². The highest BCUT2D eigenvalue weighted by atomic mass is 35.5. The van der Waals surface area contributed by atoms with Crippen molar-refractivity contribution >= 4 is 29.1 Å². The van der Waals surface area contributed by atoms with Crippen LogP contribution < -0.4 is 4.74 Å². The molecule has 0 bridgehead atoms. The van der Waals surface area contributed by atoms with Gasteiger partial charge in [0.25, 0.3) is 5.91 Å². The van der Waals surface area contributed by atoms with Crippen molar-refractivity contribution in [2.45, 2.75) is 19.5 Å². The summed E-state index contributed by atoms with van der Waals surface area (Å²) in [5.74, 6) is 0.397. The normalized spacial score (nSPS) is 17.7. The van der Waals surface area contributed by atoms with Gasteiger partial charge in [0.05, 0.1) is 6.61 Å². The molecule has 8 heteroatoms. The number of piperazine rings is 1. The summed E-state index contributed by atoms with van der Waals surface area (Å²) in [7, 11) is 0. The molecule has 3 heterocycles. The number of ether oxygens (including phenoxy) is 1. The fourth-order valence-electron chi connectivity index (χ4n) is 3.34. The highest BCUT2D eigenvalue weighted by Gasteiger charge is 2.30. The Morgan fingerprint density at radius 3 is 2.50 bits per heavy atom. The Morgan fingerprint density at radius 2 is 1.81 bits per heavy atom. The number of halogens is 2. The summed E-state index contributed by atoms with van der Waals surface area (Å²) in [6, 6.07) is 7.88. The molecule has 1 amide bonds. The van der Waals surface area contributed by atoms with Crippen molar-refractivity contribution in [1.82, 2.24) is 19.6 Å². The minimum absolute atomic E-state index is 0.119. The Balaban J connectivity index is 1.38. The van der Waals surface area contributed by atoms with E-state index in [9.17, 15) is 4.79 Å². The molecule has 0 spiro atoms. The molecular formula is C18H20Cl2N4O2. The summed E-state index contributed by atoms with van der Waals surface area (Å²) in [4.78, 5) is 17.0. The van der Waals surface area contributed by atoms with E-state index < -0.39 is 0 Å². The van der Waals surface area contributed by atoms with Gasteiger partial charge >= 0.3 is 0 Å². The molecule has 26 heavy (non-hydrogen) atoms. The van der Waals surface area contributed by atoms with Crippen LogP contribution in [0.5, 0.6) is 5.88 Å². The molecule has 2 aliphatic rings. The molecule has 2 aliphatic heterocycles. The summed E-state index contributed by atoms with van der Waals surface area (Å²) in [6.45, 7) is 5.15. The second-order valence-electron chi connectivity index (χ2n) is 6.59. The van der Waals surface area contributed by atoms with Gasteiger partial charge in [0.1, 0.15) is 5.02 Å². The minimum atomic E-state index is -0.119. The van der Waals surface area contributed by atoms with Gasteiger partial charge in [-0.2, -0.15) is 5.10 Å². The van der Waals surface area contributed by atoms with Crippen LogP contribution in [0.4, 0.5) is 0 Å². The van der Waals surface area contributed by atoms with Crippen molar-refractivity contribution < 1.29 is 9.53 Å². The maximum Gasteiger partial charge on any atom is 0.276 e. The van der Waals surface area contributed by atoms with Gasteiger partial charge in [-0.1, -0.05) is 35.3 Å². The first kappa shape index (κ1) is 17.6. The maximum absolute atomic E-state index is 12.8. The molecule has 1 aromatic carbocycles. The van der Waals surface area contributed by atoms with Crippen LogP contribution in [0.15, 0.2) is 24.3 Å². The Kier molecular flexibility index (Phi) is 5.07. The number of benzene rings is 1. The van der Waals surface area contributed by atoms with Crippen molar-refractivity contribution in [3.05, 3.63) is 45.6 Å². The van der Waals surface area contributed by atoms with E-state index in [4.69, 9.17) is 27.9 Å². The van der Waals surface area contributed by atoms with Crippen molar-refractivity contribution in [2.24, 2.45) is 0 Å². The Labute approximate surface area is 162 Å². The number of rotatable bonds is 3. The van der Waals surface area contributed by atoms with E-state index in [-0.39, 0.29) is 5.91 Å². The summed E-state index contributed by atoms with van der Waals surface area (Å²) in [5.41, 5.74) is 1.52. The minimum Gasteiger partial charge on any atom is -0.477 e. The van der Waals surface area contributed by atoms with Crippen LogP contribution in [-0.4, -0.2) is 58.3 Å². The second-order valence-corrected chi connectivity index (χ2v) is 7.40. The SMILES string of the molecule is O=C(c1nn2c(c1Cl)OCCC2)N1CCN(Cc2ccc(Cl)cc2)CC1. The number of hydrogen-bond donors (Lipinski definition) is 0. The molecule has 0 N–H and O–H groups in total. The zero-order chi connectivity index (χ0) is 18.1. The standard InChI is InChI=1S/C18H20Cl2N4O2/c19-14-4-2-13(3-5-14)12-22-7-9-23(10-8-22)17(25)16-15(20)18-24(21-16)6-1-11-26-18/h2-5H,1,6-12H2. The lowest BCUT2D eigenvalue weighted by Crippen LogP contribution is -2.48. The van der Waals surface area contributed by atoms with Crippen LogP contribution in [0.3, 0.4) is 0 Å². The molecule has 0 saturated carbocycles. The van der Waals surface area contributed by atoms with Crippen LogP contribution in [0.25, 0.3) is 0 Å². The third-order valence-corrected chi connectivity index (χ3v) is 5.38. The average Bonchev–Trinajstić information content (AvgIpc) is 3.01. The molecule has 0 atom stereocenters. The van der Waals surface area contributed by atoms with Crippen molar-refractivity contribution in [3.8, 4) is 5.88 Å². The Bertz CT molecular complexity index is 798. The molecule has 1 fully saturated rings. The van der Waals surface area contributed by atoms with E-state index >= 15 is 0 Å².